The molecule has 3 aromatic rings. The maximum Gasteiger partial charge on any atom is 0.271 e. The lowest BCUT2D eigenvalue weighted by atomic mass is 10.2. The molecule has 7 heteroatoms. The fourth-order valence-electron chi connectivity index (χ4n) is 2.14. The first-order valence-corrected chi connectivity index (χ1v) is 7.98. The molecule has 0 aliphatic carbocycles. The molecule has 0 aliphatic rings. The smallest absolute Gasteiger partial charge is 0.271 e. The number of ether oxygens (including phenoxy) is 2. The number of aryl methyl sites for hydroxylation is 1. The van der Waals surface area contributed by atoms with Crippen molar-refractivity contribution in [3.63, 3.8) is 0 Å². The molecular weight excluding hydrogens is 332 g/mol. The van der Waals surface area contributed by atoms with Crippen LogP contribution in [0.5, 0.6) is 17.4 Å². The van der Waals surface area contributed by atoms with Gasteiger partial charge in [-0.15, -0.1) is 0 Å². The van der Waals surface area contributed by atoms with Crippen molar-refractivity contribution in [1.82, 2.24) is 20.3 Å². The highest BCUT2D eigenvalue weighted by Crippen LogP contribution is 2.23. The van der Waals surface area contributed by atoms with E-state index in [0.29, 0.717) is 23.9 Å². The monoisotopic (exact) mass is 350 g/mol. The molecule has 26 heavy (non-hydrogen) atoms. The van der Waals surface area contributed by atoms with Gasteiger partial charge in [0.05, 0.1) is 19.0 Å². The fourth-order valence-corrected chi connectivity index (χ4v) is 2.14. The second-order valence-electron chi connectivity index (χ2n) is 5.51. The highest BCUT2D eigenvalue weighted by atomic mass is 16.5. The van der Waals surface area contributed by atoms with Gasteiger partial charge in [0, 0.05) is 31.1 Å². The standard InChI is InChI=1S/C19H18N4O3/c1-13-9-21-17(12-20-13)19(24)23-11-14-6-7-18(22-10-14)26-16-5-3-4-15(8-16)25-2/h3-10,12H,11H2,1-2H3,(H,23,24). The molecule has 1 N–H and O–H groups in total. The molecule has 2 aromatic heterocycles. The maximum absolute atomic E-state index is 12.0. The van der Waals surface area contributed by atoms with Crippen molar-refractivity contribution in [2.75, 3.05) is 7.11 Å². The number of hydrogen-bond donors (Lipinski definition) is 1. The Morgan fingerprint density at radius 1 is 1.04 bits per heavy atom. The van der Waals surface area contributed by atoms with Crippen LogP contribution < -0.4 is 14.8 Å². The molecule has 0 saturated heterocycles. The Balaban J connectivity index is 1.57. The van der Waals surface area contributed by atoms with Crippen molar-refractivity contribution in [2.24, 2.45) is 0 Å². The van der Waals surface area contributed by atoms with Gasteiger partial charge >= 0.3 is 0 Å². The molecule has 0 fully saturated rings. The maximum atomic E-state index is 12.0. The lowest BCUT2D eigenvalue weighted by molar-refractivity contribution is 0.0945. The molecule has 132 valence electrons. The molecule has 0 unspecified atom stereocenters. The first kappa shape index (κ1) is 17.3. The Hall–Kier alpha value is -3.48. The van der Waals surface area contributed by atoms with Crippen molar-refractivity contribution in [3.8, 4) is 17.4 Å². The minimum absolute atomic E-state index is 0.279. The van der Waals surface area contributed by atoms with Crippen LogP contribution in [0.2, 0.25) is 0 Å². The zero-order valence-corrected chi connectivity index (χ0v) is 14.5. The third-order valence-electron chi connectivity index (χ3n) is 3.53. The minimum Gasteiger partial charge on any atom is -0.497 e. The first-order valence-electron chi connectivity index (χ1n) is 7.98. The van der Waals surface area contributed by atoms with E-state index in [1.807, 2.05) is 31.2 Å². The van der Waals surface area contributed by atoms with Crippen LogP contribution >= 0.6 is 0 Å². The SMILES string of the molecule is COc1cccc(Oc2ccc(CNC(=O)c3cnc(C)cn3)cn2)c1. The number of methoxy groups -OCH3 is 1. The van der Waals surface area contributed by atoms with Crippen molar-refractivity contribution in [2.45, 2.75) is 13.5 Å². The molecule has 1 aromatic carbocycles. The van der Waals surface area contributed by atoms with Crippen LogP contribution in [0.4, 0.5) is 0 Å². The molecule has 0 spiro atoms. The quantitative estimate of drug-likeness (QED) is 0.736. The number of nitrogens with one attached hydrogen (secondary N) is 1. The van der Waals surface area contributed by atoms with E-state index >= 15 is 0 Å². The van der Waals surface area contributed by atoms with Crippen LogP contribution in [0.3, 0.4) is 0 Å². The number of nitrogens with zero attached hydrogens (tertiary/aromatic N) is 3. The van der Waals surface area contributed by atoms with E-state index in [1.165, 1.54) is 6.20 Å². The van der Waals surface area contributed by atoms with E-state index in [-0.39, 0.29) is 11.6 Å². The van der Waals surface area contributed by atoms with E-state index in [0.717, 1.165) is 11.3 Å². The average Bonchev–Trinajstić information content (AvgIpc) is 2.68. The number of aromatic nitrogens is 3. The summed E-state index contributed by atoms with van der Waals surface area (Å²) < 4.78 is 10.8. The Bertz CT molecular complexity index is 880. The number of carbonyl (C=O) groups is 1. The Labute approximate surface area is 151 Å². The molecule has 0 atom stereocenters. The van der Waals surface area contributed by atoms with Gasteiger partial charge in [-0.05, 0) is 24.6 Å². The number of benzene rings is 1. The Morgan fingerprint density at radius 3 is 2.58 bits per heavy atom. The van der Waals surface area contributed by atoms with Crippen molar-refractivity contribution in [3.05, 3.63) is 71.9 Å². The van der Waals surface area contributed by atoms with Gasteiger partial charge in [-0.3, -0.25) is 9.78 Å². The summed E-state index contributed by atoms with van der Waals surface area (Å²) in [5.41, 5.74) is 1.88. The van der Waals surface area contributed by atoms with Crippen LogP contribution in [-0.2, 0) is 6.54 Å². The van der Waals surface area contributed by atoms with Gasteiger partial charge in [0.25, 0.3) is 5.91 Å². The van der Waals surface area contributed by atoms with Crippen molar-refractivity contribution >= 4 is 5.91 Å². The summed E-state index contributed by atoms with van der Waals surface area (Å²) in [6.07, 6.45) is 4.66. The third-order valence-corrected chi connectivity index (χ3v) is 3.53. The summed E-state index contributed by atoms with van der Waals surface area (Å²) in [6, 6.07) is 10.9. The van der Waals surface area contributed by atoms with Gasteiger partial charge in [-0.25, -0.2) is 9.97 Å². The van der Waals surface area contributed by atoms with Crippen molar-refractivity contribution in [1.29, 1.82) is 0 Å². The molecule has 1 amide bonds. The second-order valence-corrected chi connectivity index (χ2v) is 5.51. The number of amides is 1. The summed E-state index contributed by atoms with van der Waals surface area (Å²) in [6.45, 7) is 2.15. The van der Waals surface area contributed by atoms with Gasteiger partial charge in [0.15, 0.2) is 0 Å². The number of carbonyl (C=O) groups excluding carboxylic acids is 1. The third kappa shape index (κ3) is 4.54. The molecule has 7 nitrogen and oxygen atoms in total. The molecule has 3 rings (SSSR count). The zero-order chi connectivity index (χ0) is 18.4. The average molecular weight is 350 g/mol. The summed E-state index contributed by atoms with van der Waals surface area (Å²) in [4.78, 5) is 24.4. The molecule has 2 heterocycles. The normalized spacial score (nSPS) is 10.2. The number of pyridine rings is 1. The molecule has 0 bridgehead atoms. The molecule has 0 radical (unpaired) electrons. The second kappa shape index (κ2) is 8.06. The predicted octanol–water partition coefficient (Wildman–Crippen LogP) is 2.91. The van der Waals surface area contributed by atoms with E-state index in [1.54, 1.807) is 31.6 Å². The minimum atomic E-state index is -0.283. The number of hydrogen-bond acceptors (Lipinski definition) is 6. The van der Waals surface area contributed by atoms with Gasteiger partial charge in [-0.1, -0.05) is 12.1 Å². The zero-order valence-electron chi connectivity index (χ0n) is 14.5. The Morgan fingerprint density at radius 2 is 1.88 bits per heavy atom. The summed E-state index contributed by atoms with van der Waals surface area (Å²) >= 11 is 0. The topological polar surface area (TPSA) is 86.2 Å². The van der Waals surface area contributed by atoms with E-state index in [9.17, 15) is 4.79 Å². The van der Waals surface area contributed by atoms with Crippen LogP contribution in [0, 0.1) is 6.92 Å². The molecule has 0 aliphatic heterocycles. The van der Waals surface area contributed by atoms with E-state index in [4.69, 9.17) is 9.47 Å². The fraction of sp³-hybridized carbons (Fsp3) is 0.158. The molecule has 0 saturated carbocycles. The highest BCUT2D eigenvalue weighted by molar-refractivity contribution is 5.91. The van der Waals surface area contributed by atoms with Crippen LogP contribution in [0.15, 0.2) is 55.0 Å². The lowest BCUT2D eigenvalue weighted by Gasteiger charge is -2.08. The van der Waals surface area contributed by atoms with Crippen LogP contribution in [0.1, 0.15) is 21.7 Å². The predicted molar refractivity (Wildman–Crippen MR) is 95.2 cm³/mol. The number of rotatable bonds is 6. The lowest BCUT2D eigenvalue weighted by Crippen LogP contribution is -2.24. The Kier molecular flexibility index (Phi) is 5.38. The van der Waals surface area contributed by atoms with Crippen LogP contribution in [0.25, 0.3) is 0 Å². The first-order chi connectivity index (χ1) is 12.6. The van der Waals surface area contributed by atoms with Gasteiger partial charge < -0.3 is 14.8 Å². The largest absolute Gasteiger partial charge is 0.497 e. The van der Waals surface area contributed by atoms with Gasteiger partial charge in [0.1, 0.15) is 17.2 Å². The van der Waals surface area contributed by atoms with Crippen LogP contribution in [-0.4, -0.2) is 28.0 Å². The summed E-state index contributed by atoms with van der Waals surface area (Å²) in [5.74, 6) is 1.52. The van der Waals surface area contributed by atoms with Gasteiger partial charge in [0.2, 0.25) is 5.88 Å². The summed E-state index contributed by atoms with van der Waals surface area (Å²) in [7, 11) is 1.60. The summed E-state index contributed by atoms with van der Waals surface area (Å²) in [5, 5.41) is 2.78. The van der Waals surface area contributed by atoms with Crippen molar-refractivity contribution < 1.29 is 14.3 Å². The van der Waals surface area contributed by atoms with E-state index < -0.39 is 0 Å². The highest BCUT2D eigenvalue weighted by Gasteiger charge is 2.07. The van der Waals surface area contributed by atoms with E-state index in [2.05, 4.69) is 20.3 Å². The van der Waals surface area contributed by atoms with Gasteiger partial charge in [-0.2, -0.15) is 0 Å². The molecular formula is C19H18N4O3.